The first-order valence-electron chi connectivity index (χ1n) is 9.15. The largest absolute Gasteiger partial charge is 0.497 e. The van der Waals surface area contributed by atoms with E-state index < -0.39 is 0 Å². The van der Waals surface area contributed by atoms with Gasteiger partial charge in [0, 0.05) is 35.5 Å². The van der Waals surface area contributed by atoms with Crippen LogP contribution in [0.4, 0.5) is 0 Å². The predicted octanol–water partition coefficient (Wildman–Crippen LogP) is 4.16. The van der Waals surface area contributed by atoms with E-state index >= 15 is 0 Å². The number of carbonyl (C=O) groups is 1. The monoisotopic (exact) mass is 346 g/mol. The number of ether oxygens (including phenoxy) is 1. The molecule has 2 aromatic carbocycles. The zero-order valence-electron chi connectivity index (χ0n) is 15.1. The number of para-hydroxylation sites is 1. The number of methoxy groups -OCH3 is 1. The lowest BCUT2D eigenvalue weighted by molar-refractivity contribution is -0.131. The summed E-state index contributed by atoms with van der Waals surface area (Å²) in [5, 5.41) is 1.30. The number of hydrogen-bond acceptors (Lipinski definition) is 2. The molecule has 5 rings (SSSR count). The first-order valence-corrected chi connectivity index (χ1v) is 9.15. The van der Waals surface area contributed by atoms with E-state index in [0.717, 1.165) is 36.2 Å². The highest BCUT2D eigenvalue weighted by Crippen LogP contribution is 2.57. The maximum absolute atomic E-state index is 12.6. The van der Waals surface area contributed by atoms with Gasteiger partial charge in [-0.3, -0.25) is 4.79 Å². The molecule has 3 aromatic rings. The van der Waals surface area contributed by atoms with E-state index in [1.807, 2.05) is 23.1 Å². The van der Waals surface area contributed by atoms with Gasteiger partial charge in [0.1, 0.15) is 5.75 Å². The van der Waals surface area contributed by atoms with Gasteiger partial charge >= 0.3 is 0 Å². The van der Waals surface area contributed by atoms with E-state index in [1.54, 1.807) is 14.0 Å². The van der Waals surface area contributed by atoms with Gasteiger partial charge in [-0.2, -0.15) is 0 Å². The summed E-state index contributed by atoms with van der Waals surface area (Å²) in [4.78, 5) is 18.2. The van der Waals surface area contributed by atoms with Crippen LogP contribution in [-0.4, -0.2) is 29.4 Å². The van der Waals surface area contributed by atoms with Crippen molar-refractivity contribution < 1.29 is 9.53 Å². The number of rotatable bonds is 2. The molecule has 1 atom stereocenters. The van der Waals surface area contributed by atoms with E-state index in [0.29, 0.717) is 0 Å². The highest BCUT2D eigenvalue weighted by atomic mass is 16.5. The first-order chi connectivity index (χ1) is 12.6. The van der Waals surface area contributed by atoms with Crippen LogP contribution in [0.15, 0.2) is 48.5 Å². The topological polar surface area (TPSA) is 45.3 Å². The number of nitrogens with one attached hydrogen (secondary N) is 1. The summed E-state index contributed by atoms with van der Waals surface area (Å²) in [6, 6.07) is 16.5. The molecule has 4 heteroatoms. The third-order valence-electron chi connectivity index (χ3n) is 5.99. The van der Waals surface area contributed by atoms with Crippen molar-refractivity contribution in [1.82, 2.24) is 9.88 Å². The molecule has 1 aliphatic carbocycles. The van der Waals surface area contributed by atoms with Crippen molar-refractivity contribution in [2.45, 2.75) is 31.2 Å². The van der Waals surface area contributed by atoms with Crippen LogP contribution in [0.1, 0.15) is 42.6 Å². The second-order valence-corrected chi connectivity index (χ2v) is 7.57. The van der Waals surface area contributed by atoms with Crippen LogP contribution in [0.3, 0.4) is 0 Å². The first kappa shape index (κ1) is 15.5. The smallest absolute Gasteiger partial charge is 0.220 e. The number of H-pyrrole nitrogens is 1. The molecule has 1 saturated carbocycles. The van der Waals surface area contributed by atoms with Gasteiger partial charge in [-0.05, 0) is 42.2 Å². The molecule has 4 nitrogen and oxygen atoms in total. The minimum atomic E-state index is -0.101. The number of nitrogens with zero attached hydrogens (tertiary/aromatic N) is 1. The molecule has 2 heterocycles. The third kappa shape index (κ3) is 2.11. The normalized spacial score (nSPS) is 20.2. The molecule has 1 amide bonds. The third-order valence-corrected chi connectivity index (χ3v) is 5.99. The van der Waals surface area contributed by atoms with Gasteiger partial charge in [-0.25, -0.2) is 0 Å². The Morgan fingerprint density at radius 2 is 2.00 bits per heavy atom. The van der Waals surface area contributed by atoms with E-state index in [1.165, 1.54) is 16.6 Å². The molecular formula is C22H22N2O2. The molecule has 0 radical (unpaired) electrons. The van der Waals surface area contributed by atoms with Crippen LogP contribution >= 0.6 is 0 Å². The van der Waals surface area contributed by atoms with Crippen LogP contribution in [0.2, 0.25) is 0 Å². The van der Waals surface area contributed by atoms with E-state index in [4.69, 9.17) is 4.74 Å². The molecule has 1 fully saturated rings. The minimum Gasteiger partial charge on any atom is -0.497 e. The van der Waals surface area contributed by atoms with Gasteiger partial charge in [0.2, 0.25) is 5.91 Å². The zero-order valence-corrected chi connectivity index (χ0v) is 15.1. The summed E-state index contributed by atoms with van der Waals surface area (Å²) in [6.07, 6.45) is 2.30. The minimum absolute atomic E-state index is 0.101. The van der Waals surface area contributed by atoms with Crippen molar-refractivity contribution in [2.75, 3.05) is 13.7 Å². The van der Waals surface area contributed by atoms with Gasteiger partial charge in [-0.1, -0.05) is 30.3 Å². The van der Waals surface area contributed by atoms with Crippen molar-refractivity contribution >= 4 is 16.8 Å². The predicted molar refractivity (Wildman–Crippen MR) is 101 cm³/mol. The molecular weight excluding hydrogens is 324 g/mol. The molecule has 1 aliphatic heterocycles. The van der Waals surface area contributed by atoms with E-state index in [9.17, 15) is 4.79 Å². The van der Waals surface area contributed by atoms with Crippen LogP contribution in [0, 0.1) is 0 Å². The number of hydrogen-bond donors (Lipinski definition) is 1. The van der Waals surface area contributed by atoms with Gasteiger partial charge < -0.3 is 14.6 Å². The van der Waals surface area contributed by atoms with E-state index in [-0.39, 0.29) is 17.4 Å². The Hall–Kier alpha value is -2.75. The highest BCUT2D eigenvalue weighted by Gasteiger charge is 2.54. The van der Waals surface area contributed by atoms with Gasteiger partial charge in [0.05, 0.1) is 13.2 Å². The lowest BCUT2D eigenvalue weighted by atomic mass is 9.83. The second kappa shape index (κ2) is 5.37. The molecule has 1 spiro atoms. The van der Waals surface area contributed by atoms with Crippen LogP contribution in [0.25, 0.3) is 10.9 Å². The van der Waals surface area contributed by atoms with Gasteiger partial charge in [0.25, 0.3) is 0 Å². The summed E-state index contributed by atoms with van der Waals surface area (Å²) < 4.78 is 5.43. The SMILES string of the molecule is COc1cccc(C2c3[nH]c4ccccc4c3C3(CC3)CN2C(C)=O)c1. The number of benzene rings is 2. The summed E-state index contributed by atoms with van der Waals surface area (Å²) in [7, 11) is 1.68. The van der Waals surface area contributed by atoms with Crippen LogP contribution < -0.4 is 4.74 Å². The number of fused-ring (bicyclic) bond motifs is 4. The Morgan fingerprint density at radius 1 is 1.19 bits per heavy atom. The summed E-state index contributed by atoms with van der Waals surface area (Å²) in [5.74, 6) is 0.934. The fraction of sp³-hybridized carbons (Fsp3) is 0.318. The number of aromatic nitrogens is 1. The standard InChI is InChI=1S/C22H22N2O2/c1-14(25)24-13-22(10-11-22)19-17-8-3-4-9-18(17)23-20(19)21(24)15-6-5-7-16(12-15)26-2/h3-9,12,21,23H,10-11,13H2,1-2H3. The second-order valence-electron chi connectivity index (χ2n) is 7.57. The quantitative estimate of drug-likeness (QED) is 0.757. The van der Waals surface area contributed by atoms with Crippen molar-refractivity contribution in [3.8, 4) is 5.75 Å². The fourth-order valence-electron chi connectivity index (χ4n) is 4.60. The summed E-state index contributed by atoms with van der Waals surface area (Å²) >= 11 is 0. The number of carbonyl (C=O) groups excluding carboxylic acids is 1. The molecule has 1 N–H and O–H groups in total. The van der Waals surface area contributed by atoms with Crippen molar-refractivity contribution in [1.29, 1.82) is 0 Å². The van der Waals surface area contributed by atoms with Gasteiger partial charge in [0.15, 0.2) is 0 Å². The van der Waals surface area contributed by atoms with Crippen LogP contribution in [-0.2, 0) is 10.2 Å². The Morgan fingerprint density at radius 3 is 2.73 bits per heavy atom. The number of amides is 1. The van der Waals surface area contributed by atoms with E-state index in [2.05, 4.69) is 35.3 Å². The average Bonchev–Trinajstić information content (AvgIpc) is 3.30. The molecule has 26 heavy (non-hydrogen) atoms. The maximum Gasteiger partial charge on any atom is 0.220 e. The summed E-state index contributed by atoms with van der Waals surface area (Å²) in [5.41, 5.74) is 4.94. The van der Waals surface area contributed by atoms with Crippen molar-refractivity contribution in [3.63, 3.8) is 0 Å². The molecule has 2 aliphatic rings. The Balaban J connectivity index is 1.77. The molecule has 132 valence electrons. The Bertz CT molecular complexity index is 1020. The summed E-state index contributed by atoms with van der Waals surface area (Å²) in [6.45, 7) is 2.47. The average molecular weight is 346 g/mol. The van der Waals surface area contributed by atoms with Crippen LogP contribution in [0.5, 0.6) is 5.75 Å². The molecule has 1 aromatic heterocycles. The lowest BCUT2D eigenvalue weighted by Gasteiger charge is -2.40. The molecule has 1 unspecified atom stereocenters. The lowest BCUT2D eigenvalue weighted by Crippen LogP contribution is -2.44. The van der Waals surface area contributed by atoms with Gasteiger partial charge in [-0.15, -0.1) is 0 Å². The Labute approximate surface area is 152 Å². The fourth-order valence-corrected chi connectivity index (χ4v) is 4.60. The number of aromatic amines is 1. The molecule has 0 saturated heterocycles. The zero-order chi connectivity index (χ0) is 17.9. The highest BCUT2D eigenvalue weighted by molar-refractivity contribution is 5.88. The maximum atomic E-state index is 12.6. The van der Waals surface area contributed by atoms with Crippen molar-refractivity contribution in [3.05, 3.63) is 65.4 Å². The van der Waals surface area contributed by atoms with Crippen molar-refractivity contribution in [2.24, 2.45) is 0 Å². The molecule has 0 bridgehead atoms. The Kier molecular flexibility index (Phi) is 3.20.